The third-order valence-corrected chi connectivity index (χ3v) is 1.80. The Balaban J connectivity index is 2.97. The second-order valence-corrected chi connectivity index (χ2v) is 4.60. The number of nitrogens with one attached hydrogen (secondary N) is 1. The number of aryl methyl sites for hydroxylation is 1. The predicted octanol–water partition coefficient (Wildman–Crippen LogP) is 1.67. The van der Waals surface area contributed by atoms with Gasteiger partial charge in [-0.05, 0) is 24.3 Å². The second kappa shape index (κ2) is 3.32. The van der Waals surface area contributed by atoms with Crippen molar-refractivity contribution in [3.8, 4) is 0 Å². The average Bonchev–Trinajstić information content (AvgIpc) is 1.93. The zero-order chi connectivity index (χ0) is 10.1. The largest absolute Gasteiger partial charge is 0.268 e. The molecule has 13 heavy (non-hydrogen) atoms. The first-order valence-electron chi connectivity index (χ1n) is 4.44. The van der Waals surface area contributed by atoms with Gasteiger partial charge < -0.3 is 0 Å². The van der Waals surface area contributed by atoms with Crippen LogP contribution in [0.5, 0.6) is 0 Å². The summed E-state index contributed by atoms with van der Waals surface area (Å²) in [6.45, 7) is 8.38. The van der Waals surface area contributed by atoms with E-state index in [1.807, 2.05) is 6.92 Å². The van der Waals surface area contributed by atoms with Crippen molar-refractivity contribution in [3.63, 3.8) is 0 Å². The molecule has 0 atom stereocenters. The van der Waals surface area contributed by atoms with Gasteiger partial charge in [0.05, 0.1) is 5.69 Å². The molecule has 0 saturated carbocycles. The molecule has 3 heteroatoms. The van der Waals surface area contributed by atoms with E-state index in [2.05, 4.69) is 31.0 Å². The Morgan fingerprint density at radius 1 is 1.46 bits per heavy atom. The quantitative estimate of drug-likeness (QED) is 0.714. The lowest BCUT2D eigenvalue weighted by atomic mass is 9.89. The number of H-pyrrole nitrogens is 1. The van der Waals surface area contributed by atoms with Crippen LogP contribution in [0.4, 0.5) is 0 Å². The molecule has 0 amide bonds. The van der Waals surface area contributed by atoms with E-state index < -0.39 is 0 Å². The molecule has 0 saturated heterocycles. The number of aromatic amines is 1. The summed E-state index contributed by atoms with van der Waals surface area (Å²) in [7, 11) is 0. The van der Waals surface area contributed by atoms with Crippen LogP contribution >= 0.6 is 0 Å². The normalized spacial score (nSPS) is 11.7. The zero-order valence-corrected chi connectivity index (χ0v) is 8.64. The Labute approximate surface area is 78.2 Å². The monoisotopic (exact) mass is 180 g/mol. The van der Waals surface area contributed by atoms with E-state index in [0.29, 0.717) is 0 Å². The Kier molecular flexibility index (Phi) is 2.55. The molecular weight excluding hydrogens is 164 g/mol. The lowest BCUT2D eigenvalue weighted by molar-refractivity contribution is 0.403. The molecular formula is C10H16N2O. The molecule has 0 spiro atoms. The lowest BCUT2D eigenvalue weighted by Gasteiger charge is -2.17. The summed E-state index contributed by atoms with van der Waals surface area (Å²) >= 11 is 0. The van der Waals surface area contributed by atoms with Crippen molar-refractivity contribution in [1.82, 2.24) is 10.2 Å². The van der Waals surface area contributed by atoms with Gasteiger partial charge in [0.1, 0.15) is 0 Å². The molecule has 0 aliphatic carbocycles. The third-order valence-electron chi connectivity index (χ3n) is 1.80. The minimum absolute atomic E-state index is 0.129. The van der Waals surface area contributed by atoms with Crippen LogP contribution in [0.3, 0.4) is 0 Å². The number of hydrogen-bond donors (Lipinski definition) is 1. The highest BCUT2D eigenvalue weighted by atomic mass is 16.1. The summed E-state index contributed by atoms with van der Waals surface area (Å²) in [5.41, 5.74) is 2.02. The molecule has 1 rings (SSSR count). The first kappa shape index (κ1) is 9.96. The molecule has 1 aromatic heterocycles. The van der Waals surface area contributed by atoms with E-state index in [-0.39, 0.29) is 11.0 Å². The summed E-state index contributed by atoms with van der Waals surface area (Å²) in [5, 5.41) is 6.48. The van der Waals surface area contributed by atoms with Gasteiger partial charge in [0.2, 0.25) is 0 Å². The standard InChI is InChI=1S/C10H16N2O/c1-7-5-9(13)12-11-8(7)6-10(2,3)4/h5H,6H2,1-4H3,(H,12,13). The topological polar surface area (TPSA) is 45.8 Å². The molecule has 3 nitrogen and oxygen atoms in total. The molecule has 72 valence electrons. The molecule has 0 bridgehead atoms. The fourth-order valence-electron chi connectivity index (χ4n) is 1.20. The van der Waals surface area contributed by atoms with Gasteiger partial charge in [-0.25, -0.2) is 5.10 Å². The van der Waals surface area contributed by atoms with E-state index in [9.17, 15) is 4.79 Å². The molecule has 0 fully saturated rings. The van der Waals surface area contributed by atoms with Gasteiger partial charge in [-0.3, -0.25) is 4.79 Å². The number of rotatable bonds is 1. The number of hydrogen-bond acceptors (Lipinski definition) is 2. The highest BCUT2D eigenvalue weighted by Gasteiger charge is 2.13. The minimum atomic E-state index is -0.129. The predicted molar refractivity (Wildman–Crippen MR) is 52.8 cm³/mol. The first-order chi connectivity index (χ1) is 5.88. The Morgan fingerprint density at radius 3 is 2.54 bits per heavy atom. The van der Waals surface area contributed by atoms with E-state index >= 15 is 0 Å². The maximum atomic E-state index is 10.9. The van der Waals surface area contributed by atoms with Crippen molar-refractivity contribution in [2.75, 3.05) is 0 Å². The molecule has 1 heterocycles. The van der Waals surface area contributed by atoms with Gasteiger partial charge in [0.25, 0.3) is 5.56 Å². The fraction of sp³-hybridized carbons (Fsp3) is 0.600. The van der Waals surface area contributed by atoms with Crippen molar-refractivity contribution in [3.05, 3.63) is 27.7 Å². The molecule has 0 aliphatic rings. The smallest absolute Gasteiger partial charge is 0.264 e. The SMILES string of the molecule is Cc1cc(=O)[nH]nc1CC(C)(C)C. The Morgan fingerprint density at radius 2 is 2.08 bits per heavy atom. The fourth-order valence-corrected chi connectivity index (χ4v) is 1.20. The number of aromatic nitrogens is 2. The first-order valence-corrected chi connectivity index (χ1v) is 4.44. The van der Waals surface area contributed by atoms with Crippen LogP contribution in [0.15, 0.2) is 10.9 Å². The van der Waals surface area contributed by atoms with Crippen LogP contribution in [0.1, 0.15) is 32.0 Å². The summed E-state index contributed by atoms with van der Waals surface area (Å²) in [6.07, 6.45) is 0.885. The molecule has 0 unspecified atom stereocenters. The van der Waals surface area contributed by atoms with Crippen molar-refractivity contribution < 1.29 is 0 Å². The van der Waals surface area contributed by atoms with Gasteiger partial charge in [0, 0.05) is 6.07 Å². The molecule has 0 radical (unpaired) electrons. The summed E-state index contributed by atoms with van der Waals surface area (Å²) in [4.78, 5) is 10.9. The van der Waals surface area contributed by atoms with Gasteiger partial charge in [-0.15, -0.1) is 0 Å². The van der Waals surface area contributed by atoms with Crippen LogP contribution in [0.2, 0.25) is 0 Å². The average molecular weight is 180 g/mol. The van der Waals surface area contributed by atoms with E-state index in [0.717, 1.165) is 17.7 Å². The van der Waals surface area contributed by atoms with Crippen molar-refractivity contribution in [2.24, 2.45) is 5.41 Å². The number of nitrogens with zero attached hydrogens (tertiary/aromatic N) is 1. The maximum absolute atomic E-state index is 10.9. The molecule has 0 aliphatic heterocycles. The van der Waals surface area contributed by atoms with Gasteiger partial charge in [-0.1, -0.05) is 20.8 Å². The van der Waals surface area contributed by atoms with Crippen molar-refractivity contribution in [1.29, 1.82) is 0 Å². The Hall–Kier alpha value is -1.12. The maximum Gasteiger partial charge on any atom is 0.264 e. The second-order valence-electron chi connectivity index (χ2n) is 4.60. The van der Waals surface area contributed by atoms with Crippen LogP contribution in [0, 0.1) is 12.3 Å². The molecule has 1 N–H and O–H groups in total. The summed E-state index contributed by atoms with van der Waals surface area (Å²) < 4.78 is 0. The highest BCUT2D eigenvalue weighted by molar-refractivity contribution is 5.16. The van der Waals surface area contributed by atoms with Crippen LogP contribution in [0.25, 0.3) is 0 Å². The van der Waals surface area contributed by atoms with Gasteiger partial charge in [0.15, 0.2) is 0 Å². The van der Waals surface area contributed by atoms with E-state index in [1.54, 1.807) is 6.07 Å². The van der Waals surface area contributed by atoms with Gasteiger partial charge >= 0.3 is 0 Å². The summed E-state index contributed by atoms with van der Waals surface area (Å²) in [5.74, 6) is 0. The van der Waals surface area contributed by atoms with Crippen molar-refractivity contribution in [2.45, 2.75) is 34.1 Å². The Bertz CT molecular complexity index is 347. The van der Waals surface area contributed by atoms with Crippen molar-refractivity contribution >= 4 is 0 Å². The third kappa shape index (κ3) is 3.01. The van der Waals surface area contributed by atoms with Gasteiger partial charge in [-0.2, -0.15) is 5.10 Å². The minimum Gasteiger partial charge on any atom is -0.268 e. The molecule has 0 aromatic carbocycles. The lowest BCUT2D eigenvalue weighted by Crippen LogP contribution is -2.16. The van der Waals surface area contributed by atoms with E-state index in [4.69, 9.17) is 0 Å². The summed E-state index contributed by atoms with van der Waals surface area (Å²) in [6, 6.07) is 1.59. The van der Waals surface area contributed by atoms with Crippen LogP contribution in [-0.4, -0.2) is 10.2 Å². The highest BCUT2D eigenvalue weighted by Crippen LogP contribution is 2.19. The van der Waals surface area contributed by atoms with E-state index in [1.165, 1.54) is 0 Å². The van der Waals surface area contributed by atoms with Crippen LogP contribution in [-0.2, 0) is 6.42 Å². The zero-order valence-electron chi connectivity index (χ0n) is 8.64. The molecule has 1 aromatic rings. The van der Waals surface area contributed by atoms with Crippen LogP contribution < -0.4 is 5.56 Å².